The van der Waals surface area contributed by atoms with Gasteiger partial charge in [0.1, 0.15) is 0 Å². The molecule has 1 aromatic rings. The molecular weight excluding hydrogens is 438 g/mol. The highest BCUT2D eigenvalue weighted by atomic mass is 32.2. The fraction of sp³-hybridized carbons (Fsp3) is 0.680. The van der Waals surface area contributed by atoms with Crippen LogP contribution in [0.1, 0.15) is 64.4 Å². The number of sulfonamides is 1. The number of hydrogen-bond acceptors (Lipinski definition) is 4. The summed E-state index contributed by atoms with van der Waals surface area (Å²) in [5, 5.41) is 0. The molecule has 0 aliphatic carbocycles. The summed E-state index contributed by atoms with van der Waals surface area (Å²) in [5.41, 5.74) is 0.963. The molecule has 3 rings (SSSR count). The van der Waals surface area contributed by atoms with Gasteiger partial charge in [0.25, 0.3) is 0 Å². The molecule has 2 fully saturated rings. The zero-order valence-corrected chi connectivity index (χ0v) is 21.0. The molecule has 2 saturated heterocycles. The van der Waals surface area contributed by atoms with Gasteiger partial charge < -0.3 is 9.80 Å². The maximum atomic E-state index is 12.9. The molecule has 184 valence electrons. The van der Waals surface area contributed by atoms with Crippen molar-refractivity contribution in [1.82, 2.24) is 14.1 Å². The number of rotatable bonds is 8. The first-order chi connectivity index (χ1) is 15.9. The van der Waals surface area contributed by atoms with Crippen LogP contribution in [0.15, 0.2) is 29.2 Å². The quantitative estimate of drug-likeness (QED) is 0.576. The first-order valence-electron chi connectivity index (χ1n) is 12.5. The molecule has 0 unspecified atom stereocenters. The van der Waals surface area contributed by atoms with Gasteiger partial charge in [0.05, 0.1) is 4.90 Å². The summed E-state index contributed by atoms with van der Waals surface area (Å²) in [6, 6.07) is 6.99. The summed E-state index contributed by atoms with van der Waals surface area (Å²) in [4.78, 5) is 29.3. The smallest absolute Gasteiger partial charge is 0.243 e. The predicted molar refractivity (Wildman–Crippen MR) is 129 cm³/mol. The minimum absolute atomic E-state index is 0.0210. The van der Waals surface area contributed by atoms with E-state index in [1.807, 2.05) is 35.8 Å². The van der Waals surface area contributed by atoms with E-state index in [-0.39, 0.29) is 17.7 Å². The van der Waals surface area contributed by atoms with E-state index in [9.17, 15) is 18.0 Å². The molecule has 1 aromatic carbocycles. The topological polar surface area (TPSA) is 78.0 Å². The van der Waals surface area contributed by atoms with Gasteiger partial charge in [-0.15, -0.1) is 0 Å². The van der Waals surface area contributed by atoms with Crippen LogP contribution in [0.25, 0.3) is 0 Å². The molecule has 33 heavy (non-hydrogen) atoms. The lowest BCUT2D eigenvalue weighted by Gasteiger charge is -2.33. The maximum absolute atomic E-state index is 12.9. The number of carbonyl (C=O) groups excluding carboxylic acids is 2. The van der Waals surface area contributed by atoms with Crippen molar-refractivity contribution in [3.8, 4) is 0 Å². The Morgan fingerprint density at radius 2 is 1.48 bits per heavy atom. The van der Waals surface area contributed by atoms with Crippen LogP contribution in [0.4, 0.5) is 0 Å². The lowest BCUT2D eigenvalue weighted by Crippen LogP contribution is -2.44. The fourth-order valence-corrected chi connectivity index (χ4v) is 6.35. The third kappa shape index (κ3) is 6.57. The van der Waals surface area contributed by atoms with Gasteiger partial charge in [0.15, 0.2) is 0 Å². The largest absolute Gasteiger partial charge is 0.343 e. The van der Waals surface area contributed by atoms with Crippen LogP contribution in [0.2, 0.25) is 0 Å². The van der Waals surface area contributed by atoms with E-state index in [2.05, 4.69) is 0 Å². The summed E-state index contributed by atoms with van der Waals surface area (Å²) >= 11 is 0. The monoisotopic (exact) mass is 477 g/mol. The Hall–Kier alpha value is -1.93. The number of aryl methyl sites for hydroxylation is 1. The molecule has 2 heterocycles. The zero-order valence-electron chi connectivity index (χ0n) is 20.2. The molecule has 7 nitrogen and oxygen atoms in total. The molecule has 0 atom stereocenters. The van der Waals surface area contributed by atoms with Crippen molar-refractivity contribution >= 4 is 21.8 Å². The third-order valence-electron chi connectivity index (χ3n) is 7.03. The van der Waals surface area contributed by atoms with Gasteiger partial charge in [0, 0.05) is 51.6 Å². The highest BCUT2D eigenvalue weighted by molar-refractivity contribution is 7.89. The van der Waals surface area contributed by atoms with E-state index in [0.717, 1.165) is 57.2 Å². The number of likely N-dealkylation sites (tertiary alicyclic amines) is 1. The summed E-state index contributed by atoms with van der Waals surface area (Å²) < 4.78 is 27.4. The number of hydrogen-bond donors (Lipinski definition) is 0. The molecule has 2 amide bonds. The number of benzene rings is 1. The van der Waals surface area contributed by atoms with Crippen molar-refractivity contribution in [2.24, 2.45) is 5.92 Å². The highest BCUT2D eigenvalue weighted by Crippen LogP contribution is 2.22. The Morgan fingerprint density at radius 1 is 0.909 bits per heavy atom. The van der Waals surface area contributed by atoms with Crippen molar-refractivity contribution in [3.05, 3.63) is 29.8 Å². The molecule has 0 saturated carbocycles. The molecule has 0 radical (unpaired) electrons. The van der Waals surface area contributed by atoms with E-state index in [0.29, 0.717) is 43.9 Å². The lowest BCUT2D eigenvalue weighted by molar-refractivity contribution is -0.140. The molecule has 0 N–H and O–H groups in total. The van der Waals surface area contributed by atoms with Crippen LogP contribution >= 0.6 is 0 Å². The minimum atomic E-state index is -3.45. The fourth-order valence-electron chi connectivity index (χ4n) is 4.84. The molecule has 0 spiro atoms. The normalized spacial score (nSPS) is 18.7. The highest BCUT2D eigenvalue weighted by Gasteiger charge is 2.29. The second kappa shape index (κ2) is 12.0. The summed E-state index contributed by atoms with van der Waals surface area (Å²) in [7, 11) is -3.45. The SMILES string of the molecule is CCN(CC)C(=O)C1CCN(C(=O)CCc2ccc(S(=O)(=O)N3CCCCCC3)cc2)CC1. The Bertz CT molecular complexity index is 881. The predicted octanol–water partition coefficient (Wildman–Crippen LogP) is 3.29. The lowest BCUT2D eigenvalue weighted by atomic mass is 9.94. The molecule has 2 aliphatic heterocycles. The molecule has 8 heteroatoms. The van der Waals surface area contributed by atoms with Gasteiger partial charge in [-0.05, 0) is 63.6 Å². The van der Waals surface area contributed by atoms with Gasteiger partial charge in [-0.25, -0.2) is 8.42 Å². The number of nitrogens with zero attached hydrogens (tertiary/aromatic N) is 3. The van der Waals surface area contributed by atoms with E-state index in [1.165, 1.54) is 0 Å². The second-order valence-corrected chi connectivity index (χ2v) is 11.1. The van der Waals surface area contributed by atoms with Crippen LogP contribution in [0, 0.1) is 5.92 Å². The molecule has 2 aliphatic rings. The van der Waals surface area contributed by atoms with Gasteiger partial charge in [-0.3, -0.25) is 9.59 Å². The van der Waals surface area contributed by atoms with E-state index in [4.69, 9.17) is 0 Å². The Morgan fingerprint density at radius 3 is 2.03 bits per heavy atom. The van der Waals surface area contributed by atoms with Crippen LogP contribution in [-0.4, -0.2) is 73.6 Å². The first kappa shape index (κ1) is 25.7. The number of amides is 2. The zero-order chi connectivity index (χ0) is 23.8. The standard InChI is InChI=1S/C25H39N3O4S/c1-3-26(4-2)25(30)22-15-19-27(20-16-22)24(29)14-11-21-9-12-23(13-10-21)33(31,32)28-17-7-5-6-8-18-28/h9-10,12-13,22H,3-8,11,14-20H2,1-2H3. The van der Waals surface area contributed by atoms with Crippen molar-refractivity contribution in [3.63, 3.8) is 0 Å². The van der Waals surface area contributed by atoms with Gasteiger partial charge in [0.2, 0.25) is 21.8 Å². The van der Waals surface area contributed by atoms with Crippen LogP contribution in [0.5, 0.6) is 0 Å². The van der Waals surface area contributed by atoms with Crippen molar-refractivity contribution in [2.75, 3.05) is 39.3 Å². The maximum Gasteiger partial charge on any atom is 0.243 e. The van der Waals surface area contributed by atoms with E-state index in [1.54, 1.807) is 16.4 Å². The van der Waals surface area contributed by atoms with E-state index >= 15 is 0 Å². The Labute approximate surface area is 199 Å². The molecule has 0 bridgehead atoms. The summed E-state index contributed by atoms with van der Waals surface area (Å²) in [6.45, 7) is 7.89. The van der Waals surface area contributed by atoms with Gasteiger partial charge >= 0.3 is 0 Å². The Kier molecular flexibility index (Phi) is 9.32. The minimum Gasteiger partial charge on any atom is -0.343 e. The molecular formula is C25H39N3O4S. The first-order valence-corrected chi connectivity index (χ1v) is 14.0. The Balaban J connectivity index is 1.48. The second-order valence-electron chi connectivity index (χ2n) is 9.13. The van der Waals surface area contributed by atoms with Crippen molar-refractivity contribution < 1.29 is 18.0 Å². The van der Waals surface area contributed by atoms with E-state index < -0.39 is 10.0 Å². The average molecular weight is 478 g/mol. The van der Waals surface area contributed by atoms with Crippen LogP contribution in [-0.2, 0) is 26.0 Å². The number of piperidine rings is 1. The van der Waals surface area contributed by atoms with Crippen molar-refractivity contribution in [2.45, 2.75) is 70.1 Å². The third-order valence-corrected chi connectivity index (χ3v) is 8.94. The summed E-state index contributed by atoms with van der Waals surface area (Å²) in [5.74, 6) is 0.333. The molecule has 0 aromatic heterocycles. The van der Waals surface area contributed by atoms with Crippen LogP contribution in [0.3, 0.4) is 0 Å². The van der Waals surface area contributed by atoms with Crippen molar-refractivity contribution in [1.29, 1.82) is 0 Å². The summed E-state index contributed by atoms with van der Waals surface area (Å²) in [6.07, 6.45) is 6.44. The van der Waals surface area contributed by atoms with Crippen LogP contribution < -0.4 is 0 Å². The van der Waals surface area contributed by atoms with Gasteiger partial charge in [-0.1, -0.05) is 25.0 Å². The number of carbonyl (C=O) groups is 2. The van der Waals surface area contributed by atoms with Gasteiger partial charge in [-0.2, -0.15) is 4.31 Å². The average Bonchev–Trinajstić information content (AvgIpc) is 3.14.